The molecule has 8 aromatic rings. The van der Waals surface area contributed by atoms with Gasteiger partial charge in [0.05, 0.1) is 5.69 Å². The predicted molar refractivity (Wildman–Crippen MR) is 252 cm³/mol. The minimum absolute atomic E-state index is 0.0199. The fourth-order valence-corrected chi connectivity index (χ4v) is 11.2. The van der Waals surface area contributed by atoms with E-state index in [2.05, 4.69) is 206 Å². The molecule has 3 heterocycles. The maximum absolute atomic E-state index is 6.87. The highest BCUT2D eigenvalue weighted by atomic mass is 16.3. The second-order valence-electron chi connectivity index (χ2n) is 19.9. The first-order chi connectivity index (χ1) is 28.2. The van der Waals surface area contributed by atoms with Gasteiger partial charge in [-0.25, -0.2) is 0 Å². The van der Waals surface area contributed by atoms with E-state index in [0.29, 0.717) is 0 Å². The van der Waals surface area contributed by atoms with Gasteiger partial charge < -0.3 is 14.2 Å². The number of furan rings is 1. The number of aryl methyl sites for hydroxylation is 2. The van der Waals surface area contributed by atoms with Crippen LogP contribution in [0.4, 0.5) is 34.1 Å². The van der Waals surface area contributed by atoms with Gasteiger partial charge >= 0.3 is 0 Å². The maximum Gasteiger partial charge on any atom is 0.252 e. The molecule has 0 saturated carbocycles. The standard InChI is InChI=1S/C55H51BN2O/c1-33-26-48-51-49(27-33)58(46-20-15-19-39-38-18-13-14-21-50(38)59-52(39)46)47-31-41-40(54(6,7)32-55(41,8)9)30-43(47)56(51)42-29-37(53(3,4)5)23-25-45(42)57(48)44-24-22-36(28-34(44)2)35-16-11-10-12-17-35/h10-31H,32H2,1-9H3. The largest absolute Gasteiger partial charge is 0.454 e. The Kier molecular flexibility index (Phi) is 7.51. The highest BCUT2D eigenvalue weighted by Crippen LogP contribution is 2.53. The molecule has 290 valence electrons. The van der Waals surface area contributed by atoms with Crippen molar-refractivity contribution in [3.63, 3.8) is 0 Å². The average Bonchev–Trinajstić information content (AvgIpc) is 3.67. The summed E-state index contributed by atoms with van der Waals surface area (Å²) in [5.41, 5.74) is 22.4. The SMILES string of the molecule is Cc1cc2c3c(c1)N(c1cccc4c1oc1ccccc14)c1cc4c(cc1B3c1cc(C(C)(C)C)ccc1N2c1ccc(-c2ccccc2)cc1C)C(C)(C)CC4(C)C. The van der Waals surface area contributed by atoms with Crippen molar-refractivity contribution < 1.29 is 4.42 Å². The van der Waals surface area contributed by atoms with Crippen LogP contribution < -0.4 is 26.2 Å². The van der Waals surface area contributed by atoms with E-state index in [0.717, 1.165) is 34.0 Å². The molecule has 0 fully saturated rings. The Morgan fingerprint density at radius 3 is 1.92 bits per heavy atom. The molecule has 2 aliphatic heterocycles. The second-order valence-corrected chi connectivity index (χ2v) is 19.9. The van der Waals surface area contributed by atoms with Crippen molar-refractivity contribution in [2.24, 2.45) is 0 Å². The van der Waals surface area contributed by atoms with Gasteiger partial charge in [-0.2, -0.15) is 0 Å². The molecule has 0 spiro atoms. The normalized spacial score (nSPS) is 16.0. The molecule has 3 nitrogen and oxygen atoms in total. The summed E-state index contributed by atoms with van der Waals surface area (Å²) in [7, 11) is 0. The van der Waals surface area contributed by atoms with E-state index in [1.54, 1.807) is 0 Å². The molecule has 7 aromatic carbocycles. The summed E-state index contributed by atoms with van der Waals surface area (Å²) >= 11 is 0. The zero-order chi connectivity index (χ0) is 40.7. The van der Waals surface area contributed by atoms with Crippen LogP contribution in [0.3, 0.4) is 0 Å². The third-order valence-electron chi connectivity index (χ3n) is 13.7. The van der Waals surface area contributed by atoms with Crippen molar-refractivity contribution in [2.75, 3.05) is 9.80 Å². The second kappa shape index (κ2) is 12.3. The Bertz CT molecular complexity index is 3050. The summed E-state index contributed by atoms with van der Waals surface area (Å²) in [4.78, 5) is 5.13. The first-order valence-corrected chi connectivity index (χ1v) is 21.3. The molecule has 0 radical (unpaired) electrons. The van der Waals surface area contributed by atoms with Gasteiger partial charge in [-0.1, -0.05) is 133 Å². The predicted octanol–water partition coefficient (Wildman–Crippen LogP) is 13.2. The Balaban J connectivity index is 1.25. The van der Waals surface area contributed by atoms with Crippen molar-refractivity contribution in [1.82, 2.24) is 0 Å². The lowest BCUT2D eigenvalue weighted by atomic mass is 9.33. The van der Waals surface area contributed by atoms with E-state index in [-0.39, 0.29) is 23.0 Å². The number of fused-ring (bicyclic) bond motifs is 8. The first kappa shape index (κ1) is 36.1. The van der Waals surface area contributed by atoms with Crippen molar-refractivity contribution in [3.8, 4) is 11.1 Å². The molecular formula is C55H51BN2O. The third-order valence-corrected chi connectivity index (χ3v) is 13.7. The average molecular weight is 767 g/mol. The van der Waals surface area contributed by atoms with Gasteiger partial charge in [0.2, 0.25) is 0 Å². The lowest BCUT2D eigenvalue weighted by Gasteiger charge is -2.45. The van der Waals surface area contributed by atoms with Crippen LogP contribution in [-0.4, -0.2) is 6.71 Å². The molecular weight excluding hydrogens is 715 g/mol. The quantitative estimate of drug-likeness (QED) is 0.167. The number of para-hydroxylation sites is 2. The van der Waals surface area contributed by atoms with Crippen LogP contribution in [0, 0.1) is 13.8 Å². The fraction of sp³-hybridized carbons (Fsp3) is 0.236. The Hall–Kier alpha value is -6.00. The number of anilines is 6. The first-order valence-electron chi connectivity index (χ1n) is 21.3. The van der Waals surface area contributed by atoms with Crippen LogP contribution >= 0.6 is 0 Å². The van der Waals surface area contributed by atoms with E-state index in [1.165, 1.54) is 83.8 Å². The summed E-state index contributed by atoms with van der Waals surface area (Å²) in [6.45, 7) is 21.3. The minimum Gasteiger partial charge on any atom is -0.454 e. The van der Waals surface area contributed by atoms with Crippen LogP contribution in [0.2, 0.25) is 0 Å². The molecule has 0 saturated heterocycles. The highest BCUT2D eigenvalue weighted by Gasteiger charge is 2.48. The highest BCUT2D eigenvalue weighted by molar-refractivity contribution is 7.00. The number of hydrogen-bond acceptors (Lipinski definition) is 3. The van der Waals surface area contributed by atoms with Crippen LogP contribution in [-0.2, 0) is 16.2 Å². The Morgan fingerprint density at radius 1 is 0.542 bits per heavy atom. The fourth-order valence-electron chi connectivity index (χ4n) is 11.2. The van der Waals surface area contributed by atoms with Crippen LogP contribution in [0.1, 0.15) is 82.7 Å². The number of benzene rings is 7. The molecule has 0 bridgehead atoms. The summed E-state index contributed by atoms with van der Waals surface area (Å²) in [5.74, 6) is 0. The van der Waals surface area contributed by atoms with Crippen molar-refractivity contribution in [1.29, 1.82) is 0 Å². The lowest BCUT2D eigenvalue weighted by molar-refractivity contribution is 0.403. The Morgan fingerprint density at radius 2 is 1.19 bits per heavy atom. The summed E-state index contributed by atoms with van der Waals surface area (Å²) in [6.07, 6.45) is 1.11. The van der Waals surface area contributed by atoms with Gasteiger partial charge in [-0.3, -0.25) is 0 Å². The van der Waals surface area contributed by atoms with Gasteiger partial charge in [-0.15, -0.1) is 0 Å². The monoisotopic (exact) mass is 766 g/mol. The topological polar surface area (TPSA) is 19.6 Å². The zero-order valence-corrected chi connectivity index (χ0v) is 35.8. The minimum atomic E-state index is -0.0199. The van der Waals surface area contributed by atoms with Gasteiger partial charge in [0, 0.05) is 39.2 Å². The van der Waals surface area contributed by atoms with E-state index in [1.807, 2.05) is 0 Å². The Labute approximate surface area is 349 Å². The summed E-state index contributed by atoms with van der Waals surface area (Å²) in [6, 6.07) is 50.3. The van der Waals surface area contributed by atoms with Crippen LogP contribution in [0.25, 0.3) is 33.1 Å². The third kappa shape index (κ3) is 5.28. The van der Waals surface area contributed by atoms with E-state index < -0.39 is 0 Å². The van der Waals surface area contributed by atoms with Gasteiger partial charge in [0.1, 0.15) is 5.58 Å². The molecule has 1 aromatic heterocycles. The van der Waals surface area contributed by atoms with E-state index in [4.69, 9.17) is 4.42 Å². The molecule has 11 rings (SSSR count). The summed E-state index contributed by atoms with van der Waals surface area (Å²) in [5, 5.41) is 2.29. The van der Waals surface area contributed by atoms with E-state index >= 15 is 0 Å². The summed E-state index contributed by atoms with van der Waals surface area (Å²) < 4.78 is 6.87. The number of hydrogen-bond donors (Lipinski definition) is 0. The molecule has 3 aliphatic rings. The van der Waals surface area contributed by atoms with Crippen molar-refractivity contribution >= 4 is 79.2 Å². The lowest BCUT2D eigenvalue weighted by Crippen LogP contribution is -2.61. The van der Waals surface area contributed by atoms with Crippen molar-refractivity contribution in [2.45, 2.75) is 85.0 Å². The molecule has 0 atom stereocenters. The maximum atomic E-state index is 6.87. The molecule has 1 aliphatic carbocycles. The molecule has 59 heavy (non-hydrogen) atoms. The van der Waals surface area contributed by atoms with Gasteiger partial charge in [0.25, 0.3) is 6.71 Å². The smallest absolute Gasteiger partial charge is 0.252 e. The van der Waals surface area contributed by atoms with E-state index in [9.17, 15) is 0 Å². The van der Waals surface area contributed by atoms with Crippen LogP contribution in [0.5, 0.6) is 0 Å². The molecule has 0 N–H and O–H groups in total. The van der Waals surface area contributed by atoms with Crippen LogP contribution in [0.15, 0.2) is 138 Å². The van der Waals surface area contributed by atoms with Gasteiger partial charge in [0.15, 0.2) is 5.58 Å². The van der Waals surface area contributed by atoms with Gasteiger partial charge in [-0.05, 0) is 140 Å². The molecule has 0 amide bonds. The molecule has 4 heteroatoms. The van der Waals surface area contributed by atoms with Crippen molar-refractivity contribution in [3.05, 3.63) is 161 Å². The number of nitrogens with zero attached hydrogens (tertiary/aromatic N) is 2. The number of rotatable bonds is 3. The zero-order valence-electron chi connectivity index (χ0n) is 35.8. The molecule has 0 unspecified atom stereocenters.